The van der Waals surface area contributed by atoms with Crippen molar-refractivity contribution in [2.75, 3.05) is 37.0 Å². The molecule has 0 aliphatic rings. The van der Waals surface area contributed by atoms with Crippen molar-refractivity contribution in [2.45, 2.75) is 6.54 Å². The monoisotopic (exact) mass is 270 g/mol. The van der Waals surface area contributed by atoms with Crippen LogP contribution in [0.5, 0.6) is 0 Å². The lowest BCUT2D eigenvalue weighted by Crippen LogP contribution is -2.27. The summed E-state index contributed by atoms with van der Waals surface area (Å²) in [6, 6.07) is 18.6. The van der Waals surface area contributed by atoms with Gasteiger partial charge in [-0.15, -0.1) is 0 Å². The van der Waals surface area contributed by atoms with Gasteiger partial charge in [-0.3, -0.25) is 0 Å². The van der Waals surface area contributed by atoms with Gasteiger partial charge in [-0.1, -0.05) is 36.4 Å². The summed E-state index contributed by atoms with van der Waals surface area (Å²) in [6.07, 6.45) is 0. The van der Waals surface area contributed by atoms with E-state index in [-0.39, 0.29) is 6.61 Å². The molecule has 2 aromatic rings. The number of benzene rings is 2. The number of para-hydroxylation sites is 2. The number of anilines is 2. The van der Waals surface area contributed by atoms with Crippen molar-refractivity contribution in [3.8, 4) is 0 Å². The zero-order valence-electron chi connectivity index (χ0n) is 12.2. The molecule has 2 rings (SSSR count). The van der Waals surface area contributed by atoms with Gasteiger partial charge in [0.1, 0.15) is 0 Å². The summed E-state index contributed by atoms with van der Waals surface area (Å²) in [5.74, 6) is 0. The Balaban J connectivity index is 2.25. The van der Waals surface area contributed by atoms with Gasteiger partial charge in [0.2, 0.25) is 0 Å². The van der Waals surface area contributed by atoms with E-state index in [1.807, 2.05) is 18.2 Å². The molecule has 0 unspecified atom stereocenters. The third-order valence-corrected chi connectivity index (χ3v) is 3.33. The van der Waals surface area contributed by atoms with Crippen LogP contribution < -0.4 is 9.80 Å². The average Bonchev–Trinajstić information content (AvgIpc) is 2.48. The SMILES string of the molecule is CN(C)c1ccccc1CN(CCO)c1ccccc1. The first kappa shape index (κ1) is 14.4. The van der Waals surface area contributed by atoms with Gasteiger partial charge in [-0.25, -0.2) is 0 Å². The summed E-state index contributed by atoms with van der Waals surface area (Å²) >= 11 is 0. The fourth-order valence-electron chi connectivity index (χ4n) is 2.35. The topological polar surface area (TPSA) is 26.7 Å². The Labute approximate surface area is 121 Å². The molecule has 0 fully saturated rings. The quantitative estimate of drug-likeness (QED) is 0.874. The molecule has 1 N–H and O–H groups in total. The first-order valence-corrected chi connectivity index (χ1v) is 6.88. The molecule has 3 nitrogen and oxygen atoms in total. The predicted octanol–water partition coefficient (Wildman–Crippen LogP) is 2.75. The Bertz CT molecular complexity index is 526. The summed E-state index contributed by atoms with van der Waals surface area (Å²) in [5, 5.41) is 9.30. The van der Waals surface area contributed by atoms with Gasteiger partial charge in [0, 0.05) is 38.6 Å². The molecule has 0 aromatic heterocycles. The van der Waals surface area contributed by atoms with Crippen LogP contribution in [-0.2, 0) is 6.54 Å². The third kappa shape index (κ3) is 3.52. The normalized spacial score (nSPS) is 10.3. The number of rotatable bonds is 6. The minimum absolute atomic E-state index is 0.152. The van der Waals surface area contributed by atoms with Gasteiger partial charge in [-0.05, 0) is 23.8 Å². The zero-order valence-corrected chi connectivity index (χ0v) is 12.2. The van der Waals surface area contributed by atoms with E-state index in [2.05, 4.69) is 60.3 Å². The molecule has 0 aliphatic carbocycles. The third-order valence-electron chi connectivity index (χ3n) is 3.33. The molecule has 2 aromatic carbocycles. The van der Waals surface area contributed by atoms with E-state index < -0.39 is 0 Å². The lowest BCUT2D eigenvalue weighted by Gasteiger charge is -2.26. The molecule has 20 heavy (non-hydrogen) atoms. The van der Waals surface area contributed by atoms with Crippen molar-refractivity contribution in [2.24, 2.45) is 0 Å². The second kappa shape index (κ2) is 6.96. The number of nitrogens with zero attached hydrogens (tertiary/aromatic N) is 2. The minimum Gasteiger partial charge on any atom is -0.395 e. The van der Waals surface area contributed by atoms with Crippen LogP contribution in [0.1, 0.15) is 5.56 Å². The Hall–Kier alpha value is -2.00. The Morgan fingerprint density at radius 3 is 2.20 bits per heavy atom. The highest BCUT2D eigenvalue weighted by molar-refractivity contribution is 5.55. The second-order valence-electron chi connectivity index (χ2n) is 5.00. The number of hydrogen-bond acceptors (Lipinski definition) is 3. The van der Waals surface area contributed by atoms with Crippen LogP contribution in [0.3, 0.4) is 0 Å². The average molecular weight is 270 g/mol. The highest BCUT2D eigenvalue weighted by Gasteiger charge is 2.10. The predicted molar refractivity (Wildman–Crippen MR) is 85.3 cm³/mol. The van der Waals surface area contributed by atoms with Crippen LogP contribution in [0, 0.1) is 0 Å². The Kier molecular flexibility index (Phi) is 5.02. The molecule has 106 valence electrons. The molecule has 0 spiro atoms. The minimum atomic E-state index is 0.152. The smallest absolute Gasteiger partial charge is 0.0606 e. The van der Waals surface area contributed by atoms with E-state index in [1.165, 1.54) is 11.3 Å². The molecule has 0 saturated heterocycles. The Morgan fingerprint density at radius 1 is 0.900 bits per heavy atom. The molecule has 0 bridgehead atoms. The highest BCUT2D eigenvalue weighted by atomic mass is 16.3. The fourth-order valence-corrected chi connectivity index (χ4v) is 2.35. The summed E-state index contributed by atoms with van der Waals surface area (Å²) < 4.78 is 0. The molecular formula is C17H22N2O. The van der Waals surface area contributed by atoms with Gasteiger partial charge >= 0.3 is 0 Å². The van der Waals surface area contributed by atoms with Crippen LogP contribution in [0.4, 0.5) is 11.4 Å². The standard InChI is InChI=1S/C17H22N2O/c1-18(2)17-11-7-6-8-15(17)14-19(12-13-20)16-9-4-3-5-10-16/h3-11,20H,12-14H2,1-2H3. The first-order valence-electron chi connectivity index (χ1n) is 6.88. The summed E-state index contributed by atoms with van der Waals surface area (Å²) in [4.78, 5) is 4.32. The first-order chi connectivity index (χ1) is 9.72. The lowest BCUT2D eigenvalue weighted by molar-refractivity contribution is 0.301. The van der Waals surface area contributed by atoms with Crippen molar-refractivity contribution in [1.82, 2.24) is 0 Å². The van der Waals surface area contributed by atoms with Gasteiger partial charge < -0.3 is 14.9 Å². The van der Waals surface area contributed by atoms with Crippen molar-refractivity contribution in [1.29, 1.82) is 0 Å². The molecule has 3 heteroatoms. The summed E-state index contributed by atoms with van der Waals surface area (Å²) in [7, 11) is 4.11. The van der Waals surface area contributed by atoms with E-state index in [4.69, 9.17) is 0 Å². The maximum Gasteiger partial charge on any atom is 0.0606 e. The highest BCUT2D eigenvalue weighted by Crippen LogP contribution is 2.23. The maximum atomic E-state index is 9.30. The van der Waals surface area contributed by atoms with Crippen LogP contribution in [0.15, 0.2) is 54.6 Å². The molecule has 0 saturated carbocycles. The van der Waals surface area contributed by atoms with Gasteiger partial charge in [0.25, 0.3) is 0 Å². The maximum absolute atomic E-state index is 9.30. The second-order valence-corrected chi connectivity index (χ2v) is 5.00. The van der Waals surface area contributed by atoms with E-state index in [1.54, 1.807) is 0 Å². The van der Waals surface area contributed by atoms with Gasteiger partial charge in [-0.2, -0.15) is 0 Å². The van der Waals surface area contributed by atoms with E-state index in [0.29, 0.717) is 6.54 Å². The van der Waals surface area contributed by atoms with Gasteiger partial charge in [0.15, 0.2) is 0 Å². The molecular weight excluding hydrogens is 248 g/mol. The van der Waals surface area contributed by atoms with E-state index in [9.17, 15) is 5.11 Å². The largest absolute Gasteiger partial charge is 0.395 e. The summed E-state index contributed by atoms with van der Waals surface area (Å²) in [5.41, 5.74) is 3.61. The molecule has 0 heterocycles. The number of hydrogen-bond donors (Lipinski definition) is 1. The van der Waals surface area contributed by atoms with Crippen molar-refractivity contribution < 1.29 is 5.11 Å². The van der Waals surface area contributed by atoms with E-state index in [0.717, 1.165) is 12.2 Å². The van der Waals surface area contributed by atoms with E-state index >= 15 is 0 Å². The lowest BCUT2D eigenvalue weighted by atomic mass is 10.1. The number of aliphatic hydroxyl groups is 1. The van der Waals surface area contributed by atoms with Crippen LogP contribution in [0.25, 0.3) is 0 Å². The number of aliphatic hydroxyl groups excluding tert-OH is 1. The molecule has 0 amide bonds. The fraction of sp³-hybridized carbons (Fsp3) is 0.294. The van der Waals surface area contributed by atoms with Crippen molar-refractivity contribution in [3.63, 3.8) is 0 Å². The van der Waals surface area contributed by atoms with Crippen LogP contribution >= 0.6 is 0 Å². The van der Waals surface area contributed by atoms with Crippen LogP contribution in [-0.4, -0.2) is 32.4 Å². The molecule has 0 radical (unpaired) electrons. The summed E-state index contributed by atoms with van der Waals surface area (Å²) in [6.45, 7) is 1.57. The van der Waals surface area contributed by atoms with Crippen LogP contribution in [0.2, 0.25) is 0 Å². The molecule has 0 atom stereocenters. The molecule has 0 aliphatic heterocycles. The van der Waals surface area contributed by atoms with Crippen molar-refractivity contribution >= 4 is 11.4 Å². The van der Waals surface area contributed by atoms with Gasteiger partial charge in [0.05, 0.1) is 6.61 Å². The van der Waals surface area contributed by atoms with Crippen molar-refractivity contribution in [3.05, 3.63) is 60.2 Å². The Morgan fingerprint density at radius 2 is 1.55 bits per heavy atom. The zero-order chi connectivity index (χ0) is 14.4.